The van der Waals surface area contributed by atoms with E-state index < -0.39 is 0 Å². The van der Waals surface area contributed by atoms with Gasteiger partial charge in [-0.2, -0.15) is 0 Å². The summed E-state index contributed by atoms with van der Waals surface area (Å²) in [7, 11) is 0. The van der Waals surface area contributed by atoms with Crippen LogP contribution >= 0.6 is 0 Å². The molecule has 7 nitrogen and oxygen atoms in total. The Morgan fingerprint density at radius 1 is 0.867 bits per heavy atom. The molecule has 1 aliphatic rings. The number of hydrogen-bond donors (Lipinski definition) is 0. The van der Waals surface area contributed by atoms with Gasteiger partial charge in [0.25, 0.3) is 5.91 Å². The van der Waals surface area contributed by atoms with E-state index in [-0.39, 0.29) is 11.7 Å². The second-order valence-electron chi connectivity index (χ2n) is 7.70. The van der Waals surface area contributed by atoms with Gasteiger partial charge in [-0.25, -0.2) is 4.68 Å². The molecule has 7 heteroatoms. The highest BCUT2D eigenvalue weighted by molar-refractivity contribution is 5.94. The fourth-order valence-corrected chi connectivity index (χ4v) is 3.59. The summed E-state index contributed by atoms with van der Waals surface area (Å²) in [5, 5.41) is 8.24. The number of piperazine rings is 1. The molecule has 0 spiro atoms. The third-order valence-corrected chi connectivity index (χ3v) is 5.67. The minimum Gasteiger partial charge on any atom is -0.368 e. The molecular weight excluding hydrogens is 378 g/mol. The van der Waals surface area contributed by atoms with Gasteiger partial charge in [0.15, 0.2) is 11.5 Å². The fraction of sp³-hybridized carbons (Fsp3) is 0.304. The van der Waals surface area contributed by atoms with Gasteiger partial charge in [-0.1, -0.05) is 11.3 Å². The van der Waals surface area contributed by atoms with Crippen molar-refractivity contribution < 1.29 is 9.59 Å². The summed E-state index contributed by atoms with van der Waals surface area (Å²) >= 11 is 0. The van der Waals surface area contributed by atoms with E-state index in [1.807, 2.05) is 47.4 Å². The standard InChI is InChI=1S/C23H25N5O2/c1-16-4-7-21(14-17(16)2)28-15-22(24-25-28)23(30)27-12-10-26(11-13-27)20-8-5-19(6-9-20)18(3)29/h4-9,14-15H,10-13H2,1-3H3. The van der Waals surface area contributed by atoms with Gasteiger partial charge in [-0.05, 0) is 68.3 Å². The molecule has 2 heterocycles. The van der Waals surface area contributed by atoms with E-state index in [1.165, 1.54) is 11.1 Å². The molecule has 0 radical (unpaired) electrons. The quantitative estimate of drug-likeness (QED) is 0.626. The number of anilines is 1. The summed E-state index contributed by atoms with van der Waals surface area (Å²) in [5.41, 5.74) is 5.40. The van der Waals surface area contributed by atoms with Crippen LogP contribution in [0.1, 0.15) is 38.9 Å². The van der Waals surface area contributed by atoms with Crippen molar-refractivity contribution >= 4 is 17.4 Å². The van der Waals surface area contributed by atoms with E-state index in [1.54, 1.807) is 17.8 Å². The van der Waals surface area contributed by atoms with Crippen molar-refractivity contribution in [2.45, 2.75) is 20.8 Å². The lowest BCUT2D eigenvalue weighted by atomic mass is 10.1. The maximum Gasteiger partial charge on any atom is 0.276 e. The predicted molar refractivity (Wildman–Crippen MR) is 115 cm³/mol. The molecule has 0 unspecified atom stereocenters. The van der Waals surface area contributed by atoms with Crippen molar-refractivity contribution in [3.63, 3.8) is 0 Å². The summed E-state index contributed by atoms with van der Waals surface area (Å²) in [6.45, 7) is 8.37. The lowest BCUT2D eigenvalue weighted by Crippen LogP contribution is -2.48. The number of hydrogen-bond acceptors (Lipinski definition) is 5. The van der Waals surface area contributed by atoms with Crippen LogP contribution in [-0.4, -0.2) is 57.8 Å². The van der Waals surface area contributed by atoms with Gasteiger partial charge in [0.2, 0.25) is 0 Å². The van der Waals surface area contributed by atoms with E-state index in [0.29, 0.717) is 24.3 Å². The first kappa shape index (κ1) is 19.8. The summed E-state index contributed by atoms with van der Waals surface area (Å²) in [6, 6.07) is 13.7. The predicted octanol–water partition coefficient (Wildman–Crippen LogP) is 3.05. The van der Waals surface area contributed by atoms with Gasteiger partial charge >= 0.3 is 0 Å². The molecule has 1 fully saturated rings. The van der Waals surface area contributed by atoms with E-state index in [9.17, 15) is 9.59 Å². The fourth-order valence-electron chi connectivity index (χ4n) is 3.59. The first-order valence-electron chi connectivity index (χ1n) is 10.1. The number of ketones is 1. The third kappa shape index (κ3) is 3.96. The molecule has 1 aromatic heterocycles. The molecule has 2 aromatic carbocycles. The zero-order valence-electron chi connectivity index (χ0n) is 17.5. The minimum absolute atomic E-state index is 0.0609. The number of carbonyl (C=O) groups is 2. The Morgan fingerprint density at radius 3 is 2.17 bits per heavy atom. The largest absolute Gasteiger partial charge is 0.368 e. The van der Waals surface area contributed by atoms with Crippen LogP contribution in [-0.2, 0) is 0 Å². The highest BCUT2D eigenvalue weighted by Crippen LogP contribution is 2.19. The lowest BCUT2D eigenvalue weighted by Gasteiger charge is -2.35. The molecule has 4 rings (SSSR count). The van der Waals surface area contributed by atoms with Crippen LogP contribution in [0.2, 0.25) is 0 Å². The van der Waals surface area contributed by atoms with Gasteiger partial charge in [0, 0.05) is 37.4 Å². The van der Waals surface area contributed by atoms with Crippen molar-refractivity contribution in [2.75, 3.05) is 31.1 Å². The van der Waals surface area contributed by atoms with E-state index in [2.05, 4.69) is 29.1 Å². The number of aromatic nitrogens is 3. The SMILES string of the molecule is CC(=O)c1ccc(N2CCN(C(=O)c3cn(-c4ccc(C)c(C)c4)nn3)CC2)cc1. The average molecular weight is 403 g/mol. The number of nitrogens with zero attached hydrogens (tertiary/aromatic N) is 5. The zero-order chi connectivity index (χ0) is 21.3. The number of rotatable bonds is 4. The van der Waals surface area contributed by atoms with Crippen LogP contribution in [0.5, 0.6) is 0 Å². The van der Waals surface area contributed by atoms with Crippen LogP contribution in [0, 0.1) is 13.8 Å². The zero-order valence-corrected chi connectivity index (χ0v) is 17.5. The highest BCUT2D eigenvalue weighted by Gasteiger charge is 2.24. The Kier molecular flexibility index (Phi) is 5.35. The molecular formula is C23H25N5O2. The van der Waals surface area contributed by atoms with Gasteiger partial charge in [-0.3, -0.25) is 9.59 Å². The summed E-state index contributed by atoms with van der Waals surface area (Å²) in [5.74, 6) is -0.0394. The first-order valence-corrected chi connectivity index (χ1v) is 10.1. The van der Waals surface area contributed by atoms with Crippen LogP contribution < -0.4 is 4.90 Å². The molecule has 1 amide bonds. The average Bonchev–Trinajstić information content (AvgIpc) is 3.25. The first-order chi connectivity index (χ1) is 14.4. The molecule has 3 aromatic rings. The Bertz CT molecular complexity index is 1080. The molecule has 0 saturated carbocycles. The number of Topliss-reactive ketones (excluding diaryl/α,β-unsaturated/α-hetero) is 1. The smallest absolute Gasteiger partial charge is 0.276 e. The normalized spacial score (nSPS) is 14.1. The Balaban J connectivity index is 1.40. The molecule has 0 aliphatic carbocycles. The number of aryl methyl sites for hydroxylation is 2. The topological polar surface area (TPSA) is 71.3 Å². The van der Waals surface area contributed by atoms with Crippen molar-refractivity contribution in [3.8, 4) is 5.69 Å². The van der Waals surface area contributed by atoms with Crippen molar-refractivity contribution in [3.05, 3.63) is 71.0 Å². The summed E-state index contributed by atoms with van der Waals surface area (Å²) in [6.07, 6.45) is 1.69. The molecule has 0 atom stereocenters. The van der Waals surface area contributed by atoms with Crippen LogP contribution in [0.3, 0.4) is 0 Å². The molecule has 0 N–H and O–H groups in total. The van der Waals surface area contributed by atoms with Crippen LogP contribution in [0.4, 0.5) is 5.69 Å². The maximum atomic E-state index is 12.9. The summed E-state index contributed by atoms with van der Waals surface area (Å²) in [4.78, 5) is 28.4. The van der Waals surface area contributed by atoms with E-state index >= 15 is 0 Å². The molecule has 30 heavy (non-hydrogen) atoms. The van der Waals surface area contributed by atoms with Gasteiger partial charge in [-0.15, -0.1) is 5.10 Å². The van der Waals surface area contributed by atoms with Gasteiger partial charge in [0.1, 0.15) is 0 Å². The third-order valence-electron chi connectivity index (χ3n) is 5.67. The Hall–Kier alpha value is -3.48. The second-order valence-corrected chi connectivity index (χ2v) is 7.70. The molecule has 0 bridgehead atoms. The van der Waals surface area contributed by atoms with Gasteiger partial charge < -0.3 is 9.80 Å². The summed E-state index contributed by atoms with van der Waals surface area (Å²) < 4.78 is 1.65. The monoisotopic (exact) mass is 403 g/mol. The number of amides is 1. The molecule has 1 aliphatic heterocycles. The van der Waals surface area contributed by atoms with E-state index in [0.717, 1.165) is 24.5 Å². The van der Waals surface area contributed by atoms with Crippen LogP contribution in [0.25, 0.3) is 5.69 Å². The van der Waals surface area contributed by atoms with Crippen molar-refractivity contribution in [1.82, 2.24) is 19.9 Å². The number of benzene rings is 2. The van der Waals surface area contributed by atoms with Crippen LogP contribution in [0.15, 0.2) is 48.7 Å². The maximum absolute atomic E-state index is 12.9. The second kappa shape index (κ2) is 8.10. The van der Waals surface area contributed by atoms with Crippen molar-refractivity contribution in [2.24, 2.45) is 0 Å². The highest BCUT2D eigenvalue weighted by atomic mass is 16.2. The molecule has 154 valence electrons. The number of carbonyl (C=O) groups excluding carboxylic acids is 2. The van der Waals surface area contributed by atoms with Crippen molar-refractivity contribution in [1.29, 1.82) is 0 Å². The Labute approximate surface area is 175 Å². The Morgan fingerprint density at radius 2 is 1.53 bits per heavy atom. The minimum atomic E-state index is -0.100. The molecule has 1 saturated heterocycles. The van der Waals surface area contributed by atoms with E-state index in [4.69, 9.17) is 0 Å². The lowest BCUT2D eigenvalue weighted by molar-refractivity contribution is 0.0740. The van der Waals surface area contributed by atoms with Gasteiger partial charge in [0.05, 0.1) is 11.9 Å².